The van der Waals surface area contributed by atoms with E-state index in [1.54, 1.807) is 123 Å². The van der Waals surface area contributed by atoms with E-state index in [9.17, 15) is 57.8 Å². The van der Waals surface area contributed by atoms with E-state index in [0.717, 1.165) is 83.2 Å². The van der Waals surface area contributed by atoms with Crippen molar-refractivity contribution in [2.45, 2.75) is 161 Å². The third-order valence-electron chi connectivity index (χ3n) is 21.5. The Hall–Kier alpha value is -14.2. The van der Waals surface area contributed by atoms with E-state index in [0.29, 0.717) is 44.7 Å². The number of esters is 3. The molecular weight excluding hydrogens is 1740 g/mol. The maximum atomic E-state index is 13.4. The molecule has 0 fully saturated rings. The molecule has 27 nitrogen and oxygen atoms in total. The van der Waals surface area contributed by atoms with Crippen molar-refractivity contribution in [2.75, 3.05) is 38.4 Å². The molecule has 3 atom stereocenters. The summed E-state index contributed by atoms with van der Waals surface area (Å²) in [6.45, 7) is 20.7. The molecule has 0 saturated heterocycles. The number of carbonyl (C=O) groups excluding carboxylic acids is 9. The normalized spacial score (nSPS) is 13.1. The summed E-state index contributed by atoms with van der Waals surface area (Å²) in [4.78, 5) is 140. The van der Waals surface area contributed by atoms with E-state index >= 15 is 0 Å². The monoisotopic (exact) mass is 1840 g/mol. The lowest BCUT2D eigenvalue weighted by Crippen LogP contribution is -2.44. The largest absolute Gasteiger partial charge is 0.480 e. The quantitative estimate of drug-likeness (QED) is 0.0186. The number of aliphatic carboxylic acids is 2. The van der Waals surface area contributed by atoms with Crippen LogP contribution < -0.4 is 16.0 Å². The fraction of sp³-hybridized carbons (Fsp3) is 0.311. The Morgan fingerprint density at radius 3 is 1.03 bits per heavy atom. The molecule has 0 aliphatic heterocycles. The SMILES string of the molecule is CC(C)(C)CC(=O)CBr.CC(C)(C)OC(=O)COC(=O)[C@H](Cc1cn(C(=O)OC(C)(C)C)c2ccccc12)NC(=O)OCC1c2ccccc2-c2ccccc21.CC(C)(C)OC(=O)n1cc(C[C@H](NC(=O)OCC2c3ccccc3-c3ccccc32)C(=O)O)c2ccccc21.O=C(O)COC(=O)[C@H](Cc1c[nH]c2ccccc12)NC(=O)OCC1c2ccccc2-c2ccccc21. The molecule has 3 amide bonds. The smallest absolute Gasteiger partial charge is 0.419 e. The standard InChI is InChI=1S/C37H40N2O8.C31H30N2O6.C28H24N2O6.C7H13BrO/c1-36(2,3)46-32(40)22-44-33(41)30(19-23-20-39(35(43)47-37(4,5)6)31-18-12-11-13-24(23)31)38-34(42)45-21-29-27-16-9-7-14-25(27)26-15-8-10-17-28(26)29;1-31(2,3)39-30(37)33-17-19(20-10-8-9-15-27(20)33)16-26(28(34)35)32-29(36)38-18-25-23-13-6-4-11-21(23)22-12-5-7-14-24(22)25;31-26(32)16-35-27(33)25(13-17-14-29-24-12-6-5-7-18(17)24)30-28(34)36-15-23-21-10-3-1-8-19(21)20-9-2-4-11-22(20)23;1-7(2,3)4-6(9)5-8/h7-18,20,29-30H,19,21-22H2,1-6H3,(H,38,42);4-15,17,25-26H,16,18H2,1-3H3,(H,32,36)(H,34,35);1-12,14,23,25,29H,13,15-16H2,(H,30,34)(H,31,32);4-5H2,1-3H3/t30-;26-;25-;/m000./s1. The summed E-state index contributed by atoms with van der Waals surface area (Å²) in [6, 6.07) is 66.1. The van der Waals surface area contributed by atoms with Gasteiger partial charge in [0, 0.05) is 83.7 Å². The zero-order valence-corrected chi connectivity index (χ0v) is 76.6. The zero-order valence-electron chi connectivity index (χ0n) is 75.0. The number of ketones is 1. The van der Waals surface area contributed by atoms with Crippen LogP contribution in [0, 0.1) is 5.41 Å². The van der Waals surface area contributed by atoms with Gasteiger partial charge in [0.1, 0.15) is 60.5 Å². The molecule has 131 heavy (non-hydrogen) atoms. The Labute approximate surface area is 766 Å². The fourth-order valence-corrected chi connectivity index (χ4v) is 16.3. The first kappa shape index (κ1) is 95.9. The molecule has 3 heterocycles. The van der Waals surface area contributed by atoms with Gasteiger partial charge < -0.3 is 69.0 Å². The number of carboxylic acids is 2. The van der Waals surface area contributed by atoms with Crippen molar-refractivity contribution >= 4 is 115 Å². The molecule has 28 heteroatoms. The number of hydrogen-bond acceptors (Lipinski definition) is 19. The van der Waals surface area contributed by atoms with Crippen LogP contribution in [0.15, 0.2) is 237 Å². The summed E-state index contributed by atoms with van der Waals surface area (Å²) < 4.78 is 46.1. The number of fused-ring (bicyclic) bond motifs is 12. The summed E-state index contributed by atoms with van der Waals surface area (Å²) in [5.74, 6) is -5.11. The minimum atomic E-state index is -1.28. The molecule has 0 spiro atoms. The highest BCUT2D eigenvalue weighted by Gasteiger charge is 2.37. The second-order valence-corrected chi connectivity index (χ2v) is 36.6. The maximum Gasteiger partial charge on any atom is 0.419 e. The summed E-state index contributed by atoms with van der Waals surface area (Å²) in [5.41, 5.74) is 14.9. The summed E-state index contributed by atoms with van der Waals surface area (Å²) >= 11 is 3.12. The van der Waals surface area contributed by atoms with Crippen LogP contribution in [0.5, 0.6) is 0 Å². The molecule has 6 N–H and O–H groups in total. The van der Waals surface area contributed by atoms with E-state index in [4.69, 9.17) is 43.0 Å². The van der Waals surface area contributed by atoms with Crippen LogP contribution in [-0.4, -0.2) is 164 Å². The molecule has 12 aromatic rings. The zero-order chi connectivity index (χ0) is 94.2. The summed E-state index contributed by atoms with van der Waals surface area (Å²) in [5, 5.41) is 29.3. The number of hydrogen-bond donors (Lipinski definition) is 6. The minimum Gasteiger partial charge on any atom is -0.480 e. The van der Waals surface area contributed by atoms with Crippen LogP contribution in [0.25, 0.3) is 66.1 Å². The number of carboxylic acid groups (broad SMARTS) is 2. The number of rotatable bonds is 24. The number of alkyl carbamates (subject to hydrolysis) is 3. The third-order valence-corrected chi connectivity index (χ3v) is 22.1. The van der Waals surface area contributed by atoms with Gasteiger partial charge in [0.25, 0.3) is 0 Å². The predicted octanol–water partition coefficient (Wildman–Crippen LogP) is 19.4. The van der Waals surface area contributed by atoms with Crippen molar-refractivity contribution in [3.8, 4) is 33.4 Å². The highest BCUT2D eigenvalue weighted by Crippen LogP contribution is 2.48. The van der Waals surface area contributed by atoms with Gasteiger partial charge in [-0.2, -0.15) is 0 Å². The lowest BCUT2D eigenvalue weighted by atomic mass is 9.90. The van der Waals surface area contributed by atoms with Gasteiger partial charge in [0.2, 0.25) is 0 Å². The fourth-order valence-electron chi connectivity index (χ4n) is 16.1. The minimum absolute atomic E-state index is 0.0392. The van der Waals surface area contributed by atoms with Gasteiger partial charge in [-0.25, -0.2) is 47.9 Å². The van der Waals surface area contributed by atoms with Crippen molar-refractivity contribution in [1.29, 1.82) is 0 Å². The number of H-pyrrole nitrogens is 1. The first-order valence-electron chi connectivity index (χ1n) is 42.9. The molecule has 3 aliphatic rings. The van der Waals surface area contributed by atoms with Crippen LogP contribution in [0.4, 0.5) is 24.0 Å². The summed E-state index contributed by atoms with van der Waals surface area (Å²) in [7, 11) is 0. The van der Waals surface area contributed by atoms with Crippen LogP contribution in [0.2, 0.25) is 0 Å². The van der Waals surface area contributed by atoms with E-state index in [1.807, 2.05) is 176 Å². The predicted molar refractivity (Wildman–Crippen MR) is 498 cm³/mol. The van der Waals surface area contributed by atoms with Crippen molar-refractivity contribution in [1.82, 2.24) is 30.1 Å². The lowest BCUT2D eigenvalue weighted by Gasteiger charge is -2.21. The molecule has 15 rings (SSSR count). The number of para-hydroxylation sites is 3. The number of Topliss-reactive ketones (excluding diaryl/α,β-unsaturated/α-hetero) is 1. The number of aromatic amines is 1. The second-order valence-electron chi connectivity index (χ2n) is 36.0. The number of nitrogens with one attached hydrogen (secondary N) is 4. The molecule has 682 valence electrons. The van der Waals surface area contributed by atoms with Crippen LogP contribution in [0.1, 0.15) is 157 Å². The van der Waals surface area contributed by atoms with Gasteiger partial charge in [-0.05, 0) is 169 Å². The maximum absolute atomic E-state index is 13.4. The van der Waals surface area contributed by atoms with Crippen molar-refractivity contribution in [2.24, 2.45) is 5.41 Å². The number of nitrogens with zero attached hydrogens (tertiary/aromatic N) is 2. The lowest BCUT2D eigenvalue weighted by molar-refractivity contribution is -0.167. The Morgan fingerprint density at radius 1 is 0.382 bits per heavy atom. The van der Waals surface area contributed by atoms with E-state index in [-0.39, 0.29) is 68.0 Å². The van der Waals surface area contributed by atoms with Crippen molar-refractivity contribution in [3.05, 3.63) is 287 Å². The van der Waals surface area contributed by atoms with E-state index in [1.165, 1.54) is 9.13 Å². The highest BCUT2D eigenvalue weighted by atomic mass is 79.9. The van der Waals surface area contributed by atoms with E-state index < -0.39 is 108 Å². The number of carbonyl (C=O) groups is 11. The van der Waals surface area contributed by atoms with Crippen molar-refractivity contribution in [3.63, 3.8) is 0 Å². The molecular formula is C103H107BrN6O21. The topological polar surface area (TPSA) is 364 Å². The number of aromatic nitrogens is 3. The highest BCUT2D eigenvalue weighted by molar-refractivity contribution is 9.09. The summed E-state index contributed by atoms with van der Waals surface area (Å²) in [6.07, 6.45) is 1.96. The van der Waals surface area contributed by atoms with Crippen LogP contribution in [0.3, 0.4) is 0 Å². The molecule has 0 saturated carbocycles. The van der Waals surface area contributed by atoms with Gasteiger partial charge in [0.05, 0.1) is 16.4 Å². The first-order chi connectivity index (χ1) is 62.3. The molecule has 3 aromatic heterocycles. The van der Waals surface area contributed by atoms with Crippen LogP contribution >= 0.6 is 15.9 Å². The van der Waals surface area contributed by atoms with Gasteiger partial charge in [0.15, 0.2) is 13.2 Å². The first-order valence-corrected chi connectivity index (χ1v) is 44.0. The number of alkyl halides is 1. The van der Waals surface area contributed by atoms with Crippen molar-refractivity contribution < 1.29 is 101 Å². The van der Waals surface area contributed by atoms with E-state index in [2.05, 4.69) is 57.6 Å². The number of benzene rings is 9. The average Bonchev–Trinajstić information content (AvgIpc) is 1.66. The van der Waals surface area contributed by atoms with Gasteiger partial charge >= 0.3 is 60.3 Å². The Balaban J connectivity index is 0.000000171. The Bertz CT molecular complexity index is 6100. The average molecular weight is 1840 g/mol. The molecule has 3 aliphatic carbocycles. The van der Waals surface area contributed by atoms with Gasteiger partial charge in [-0.15, -0.1) is 0 Å². The Kier molecular flexibility index (Phi) is 30.7. The second kappa shape index (κ2) is 42.0. The third kappa shape index (κ3) is 25.0. The molecule has 0 unspecified atom stereocenters. The number of halogens is 1. The number of ether oxygens (including phenoxy) is 8. The molecule has 0 bridgehead atoms. The Morgan fingerprint density at radius 2 is 0.695 bits per heavy atom. The van der Waals surface area contributed by atoms with Crippen LogP contribution in [-0.2, 0) is 85.9 Å². The molecule has 9 aromatic carbocycles. The molecule has 0 radical (unpaired) electrons. The number of amides is 3. The van der Waals surface area contributed by atoms with Gasteiger partial charge in [-0.1, -0.05) is 237 Å². The van der Waals surface area contributed by atoms with Gasteiger partial charge in [-0.3, -0.25) is 13.9 Å².